The van der Waals surface area contributed by atoms with Crippen molar-refractivity contribution in [2.45, 2.75) is 70.4 Å². The number of hydrogen-bond acceptors (Lipinski definition) is 5. The zero-order valence-corrected chi connectivity index (χ0v) is 12.4. The second-order valence-electron chi connectivity index (χ2n) is 7.30. The first kappa shape index (κ1) is 13.5. The van der Waals surface area contributed by atoms with Gasteiger partial charge in [-0.25, -0.2) is 9.78 Å². The van der Waals surface area contributed by atoms with Gasteiger partial charge in [0.1, 0.15) is 0 Å². The number of fused-ring (bicyclic) bond motifs is 2. The molecule has 8 atom stereocenters. The molecule has 20 heavy (non-hydrogen) atoms. The average Bonchev–Trinajstić information content (AvgIpc) is 2.63. The molecule has 1 aliphatic carbocycles. The van der Waals surface area contributed by atoms with E-state index in [0.717, 1.165) is 19.3 Å². The maximum atomic E-state index is 10.2. The van der Waals surface area contributed by atoms with Gasteiger partial charge in [-0.3, -0.25) is 0 Å². The van der Waals surface area contributed by atoms with Crippen LogP contribution in [-0.2, 0) is 19.2 Å². The molecule has 2 bridgehead atoms. The Bertz CT molecular complexity index is 411. The van der Waals surface area contributed by atoms with E-state index in [1.165, 1.54) is 6.42 Å². The van der Waals surface area contributed by atoms with E-state index >= 15 is 0 Å². The van der Waals surface area contributed by atoms with E-state index in [9.17, 15) is 5.11 Å². The Morgan fingerprint density at radius 1 is 1.05 bits per heavy atom. The summed E-state index contributed by atoms with van der Waals surface area (Å²) >= 11 is 0. The second-order valence-corrected chi connectivity index (χ2v) is 7.30. The number of aliphatic hydroxyl groups excluding tert-OH is 1. The largest absolute Gasteiger partial charge is 0.368 e. The van der Waals surface area contributed by atoms with E-state index in [2.05, 4.69) is 6.92 Å². The molecule has 0 amide bonds. The van der Waals surface area contributed by atoms with Crippen LogP contribution in [0.1, 0.15) is 46.5 Å². The highest BCUT2D eigenvalue weighted by molar-refractivity contribution is 5.08. The first-order valence-corrected chi connectivity index (χ1v) is 7.84. The van der Waals surface area contributed by atoms with E-state index in [1.54, 1.807) is 0 Å². The lowest BCUT2D eigenvalue weighted by Gasteiger charge is -2.59. The SMILES string of the molecule is C[C@@H]1[C@H](O)O[C@@H]2O[C@]3(C)CC[C@@H]4[C@@H](C)CC[C@H]1[C@]24OO3. The van der Waals surface area contributed by atoms with Gasteiger partial charge in [-0.15, -0.1) is 0 Å². The van der Waals surface area contributed by atoms with Gasteiger partial charge in [-0.2, -0.15) is 0 Å². The Hall–Kier alpha value is -0.200. The van der Waals surface area contributed by atoms with Gasteiger partial charge >= 0.3 is 0 Å². The van der Waals surface area contributed by atoms with Gasteiger partial charge in [0.2, 0.25) is 5.79 Å². The molecule has 5 heteroatoms. The lowest BCUT2D eigenvalue weighted by Crippen LogP contribution is -2.70. The third-order valence-corrected chi connectivity index (χ3v) is 6.12. The molecule has 4 saturated heterocycles. The number of hydrogen-bond donors (Lipinski definition) is 1. The molecule has 4 heterocycles. The van der Waals surface area contributed by atoms with E-state index in [0.29, 0.717) is 11.8 Å². The van der Waals surface area contributed by atoms with Crippen molar-refractivity contribution in [3.8, 4) is 0 Å². The molecule has 5 nitrogen and oxygen atoms in total. The second kappa shape index (κ2) is 4.17. The van der Waals surface area contributed by atoms with Crippen molar-refractivity contribution >= 4 is 0 Å². The molecular weight excluding hydrogens is 260 g/mol. The molecular formula is C15H24O5. The van der Waals surface area contributed by atoms with Gasteiger partial charge in [0.15, 0.2) is 18.2 Å². The molecule has 5 aliphatic rings. The zero-order valence-electron chi connectivity index (χ0n) is 12.4. The molecule has 1 N–H and O–H groups in total. The molecule has 0 unspecified atom stereocenters. The van der Waals surface area contributed by atoms with Crippen LogP contribution in [0.2, 0.25) is 0 Å². The summed E-state index contributed by atoms with van der Waals surface area (Å²) in [7, 11) is 0. The van der Waals surface area contributed by atoms with Crippen LogP contribution in [0.15, 0.2) is 0 Å². The zero-order chi connectivity index (χ0) is 14.1. The molecule has 0 aromatic heterocycles. The van der Waals surface area contributed by atoms with Crippen molar-refractivity contribution in [3.63, 3.8) is 0 Å². The summed E-state index contributed by atoms with van der Waals surface area (Å²) in [6, 6.07) is 0. The van der Waals surface area contributed by atoms with Crippen LogP contribution in [-0.4, -0.2) is 29.1 Å². The maximum Gasteiger partial charge on any atom is 0.201 e. The van der Waals surface area contributed by atoms with Gasteiger partial charge in [0.25, 0.3) is 0 Å². The Morgan fingerprint density at radius 2 is 1.85 bits per heavy atom. The van der Waals surface area contributed by atoms with Crippen molar-refractivity contribution in [1.82, 2.24) is 0 Å². The highest BCUT2D eigenvalue weighted by atomic mass is 17.3. The fourth-order valence-corrected chi connectivity index (χ4v) is 4.89. The first-order valence-electron chi connectivity index (χ1n) is 7.84. The van der Waals surface area contributed by atoms with Gasteiger partial charge in [0, 0.05) is 18.3 Å². The Balaban J connectivity index is 1.82. The smallest absolute Gasteiger partial charge is 0.201 e. The Labute approximate surface area is 119 Å². The lowest BCUT2D eigenvalue weighted by atomic mass is 9.58. The molecule has 1 saturated carbocycles. The molecule has 1 spiro atoms. The summed E-state index contributed by atoms with van der Waals surface area (Å²) in [5, 5.41) is 10.2. The average molecular weight is 284 g/mol. The van der Waals surface area contributed by atoms with Crippen molar-refractivity contribution < 1.29 is 24.4 Å². The summed E-state index contributed by atoms with van der Waals surface area (Å²) in [5.41, 5.74) is -0.549. The molecule has 0 radical (unpaired) electrons. The summed E-state index contributed by atoms with van der Waals surface area (Å²) < 4.78 is 11.9. The monoisotopic (exact) mass is 284 g/mol. The number of rotatable bonds is 0. The molecule has 4 aliphatic heterocycles. The van der Waals surface area contributed by atoms with Gasteiger partial charge in [-0.1, -0.05) is 13.8 Å². The Kier molecular flexibility index (Phi) is 2.81. The van der Waals surface area contributed by atoms with Crippen molar-refractivity contribution in [2.75, 3.05) is 0 Å². The predicted molar refractivity (Wildman–Crippen MR) is 69.0 cm³/mol. The van der Waals surface area contributed by atoms with Crippen LogP contribution in [0, 0.1) is 23.7 Å². The molecule has 114 valence electrons. The predicted octanol–water partition coefficient (Wildman–Crippen LogP) is 2.19. The minimum absolute atomic E-state index is 0.0379. The molecule has 5 fully saturated rings. The summed E-state index contributed by atoms with van der Waals surface area (Å²) in [4.78, 5) is 11.6. The maximum absolute atomic E-state index is 10.2. The minimum Gasteiger partial charge on any atom is -0.368 e. The third kappa shape index (κ3) is 1.56. The lowest BCUT2D eigenvalue weighted by molar-refractivity contribution is -0.576. The van der Waals surface area contributed by atoms with Gasteiger partial charge < -0.3 is 14.6 Å². The quantitative estimate of drug-likeness (QED) is 0.691. The highest BCUT2D eigenvalue weighted by Gasteiger charge is 2.69. The molecule has 5 rings (SSSR count). The summed E-state index contributed by atoms with van der Waals surface area (Å²) in [5.74, 6) is 0.437. The fraction of sp³-hybridized carbons (Fsp3) is 1.00. The standard InChI is InChI=1S/C15H24O5/c1-8-4-5-11-9(2)12(16)17-13-15(11)10(8)6-7-14(3,18-13)19-20-15/h8-13,16H,4-7H2,1-3H3/t8-,9-,10+,11+,12+,13+,14-,15-/m0/s1. The summed E-state index contributed by atoms with van der Waals surface area (Å²) in [6.45, 7) is 6.22. The fourth-order valence-electron chi connectivity index (χ4n) is 4.89. The third-order valence-electron chi connectivity index (χ3n) is 6.12. The van der Waals surface area contributed by atoms with Crippen LogP contribution in [0.25, 0.3) is 0 Å². The van der Waals surface area contributed by atoms with Crippen molar-refractivity contribution in [1.29, 1.82) is 0 Å². The molecule has 0 aromatic carbocycles. The summed E-state index contributed by atoms with van der Waals surface area (Å²) in [6.07, 6.45) is 2.72. The van der Waals surface area contributed by atoms with Gasteiger partial charge in [0.05, 0.1) is 0 Å². The number of ether oxygens (including phenoxy) is 2. The van der Waals surface area contributed by atoms with Crippen LogP contribution >= 0.6 is 0 Å². The van der Waals surface area contributed by atoms with E-state index in [-0.39, 0.29) is 11.8 Å². The number of aliphatic hydroxyl groups is 1. The van der Waals surface area contributed by atoms with Crippen molar-refractivity contribution in [2.24, 2.45) is 23.7 Å². The Morgan fingerprint density at radius 3 is 2.65 bits per heavy atom. The minimum atomic E-state index is -0.781. The van der Waals surface area contributed by atoms with E-state index in [1.807, 2.05) is 13.8 Å². The van der Waals surface area contributed by atoms with Crippen molar-refractivity contribution in [3.05, 3.63) is 0 Å². The van der Waals surface area contributed by atoms with Crippen LogP contribution < -0.4 is 0 Å². The topological polar surface area (TPSA) is 57.2 Å². The first-order chi connectivity index (χ1) is 9.46. The van der Waals surface area contributed by atoms with E-state index < -0.39 is 24.0 Å². The van der Waals surface area contributed by atoms with Gasteiger partial charge in [-0.05, 0) is 38.0 Å². The van der Waals surface area contributed by atoms with E-state index in [4.69, 9.17) is 19.2 Å². The van der Waals surface area contributed by atoms with Crippen LogP contribution in [0.5, 0.6) is 0 Å². The van der Waals surface area contributed by atoms with Crippen LogP contribution in [0.4, 0.5) is 0 Å². The molecule has 0 aromatic rings. The van der Waals surface area contributed by atoms with Crippen LogP contribution in [0.3, 0.4) is 0 Å². The highest BCUT2D eigenvalue weighted by Crippen LogP contribution is 2.60. The normalized spacial score (nSPS) is 61.8.